The number of benzene rings is 1. The van der Waals surface area contributed by atoms with Gasteiger partial charge in [0.25, 0.3) is 0 Å². The summed E-state index contributed by atoms with van der Waals surface area (Å²) in [6.45, 7) is 1.88. The molecular formula is C16H17FN2OS. The number of hydrogen-bond acceptors (Lipinski definition) is 3. The van der Waals surface area contributed by atoms with Crippen LogP contribution in [0.1, 0.15) is 6.92 Å². The molecule has 0 fully saturated rings. The highest BCUT2D eigenvalue weighted by Crippen LogP contribution is 2.27. The van der Waals surface area contributed by atoms with Crippen molar-refractivity contribution in [3.05, 3.63) is 48.5 Å². The minimum absolute atomic E-state index is 0.0602. The lowest BCUT2D eigenvalue weighted by Crippen LogP contribution is -2.22. The molecule has 0 radical (unpaired) electrons. The number of halogens is 1. The summed E-state index contributed by atoms with van der Waals surface area (Å²) in [4.78, 5) is 16.2. The molecule has 1 amide bonds. The number of rotatable bonds is 5. The Hall–Kier alpha value is -1.88. The van der Waals surface area contributed by atoms with Gasteiger partial charge in [-0.05, 0) is 30.0 Å². The predicted molar refractivity (Wildman–Crippen MR) is 85.8 cm³/mol. The number of amides is 1. The van der Waals surface area contributed by atoms with Gasteiger partial charge in [-0.3, -0.25) is 9.78 Å². The number of anilines is 1. The summed E-state index contributed by atoms with van der Waals surface area (Å²) in [5.74, 6) is 0.286. The van der Waals surface area contributed by atoms with E-state index in [0.717, 1.165) is 11.3 Å². The number of hydrogen-bond donors (Lipinski definition) is 1. The van der Waals surface area contributed by atoms with Gasteiger partial charge in [0.2, 0.25) is 5.91 Å². The monoisotopic (exact) mass is 304 g/mol. The number of nitrogens with one attached hydrogen (secondary N) is 1. The van der Waals surface area contributed by atoms with E-state index in [0.29, 0.717) is 11.3 Å². The Kier molecular flexibility index (Phi) is 5.33. The number of thioether (sulfide) groups is 1. The van der Waals surface area contributed by atoms with Gasteiger partial charge in [-0.2, -0.15) is 11.8 Å². The van der Waals surface area contributed by atoms with E-state index >= 15 is 0 Å². The molecule has 0 saturated carbocycles. The first kappa shape index (κ1) is 15.5. The normalized spacial score (nSPS) is 12.0. The third-order valence-electron chi connectivity index (χ3n) is 3.08. The predicted octanol–water partition coefficient (Wildman–Crippen LogP) is 3.83. The fraction of sp³-hybridized carbons (Fsp3) is 0.250. The average molecular weight is 304 g/mol. The molecule has 0 saturated heterocycles. The van der Waals surface area contributed by atoms with Crippen LogP contribution >= 0.6 is 11.8 Å². The Bertz CT molecular complexity index is 633. The molecule has 3 nitrogen and oxygen atoms in total. The van der Waals surface area contributed by atoms with Gasteiger partial charge in [0.15, 0.2) is 0 Å². The van der Waals surface area contributed by atoms with Crippen LogP contribution in [0.2, 0.25) is 0 Å². The first-order chi connectivity index (χ1) is 10.1. The molecule has 1 heterocycles. The fourth-order valence-corrected chi connectivity index (χ4v) is 2.63. The van der Waals surface area contributed by atoms with Crippen molar-refractivity contribution in [2.45, 2.75) is 6.92 Å². The maximum atomic E-state index is 13.4. The number of carbonyl (C=O) groups excluding carboxylic acids is 1. The second-order valence-corrected chi connectivity index (χ2v) is 5.69. The van der Waals surface area contributed by atoms with E-state index in [1.165, 1.54) is 12.1 Å². The van der Waals surface area contributed by atoms with Gasteiger partial charge in [-0.15, -0.1) is 0 Å². The third kappa shape index (κ3) is 4.04. The van der Waals surface area contributed by atoms with Crippen LogP contribution in [-0.4, -0.2) is 22.9 Å². The summed E-state index contributed by atoms with van der Waals surface area (Å²) < 4.78 is 13.4. The molecule has 2 rings (SSSR count). The zero-order chi connectivity index (χ0) is 15.2. The quantitative estimate of drug-likeness (QED) is 0.913. The van der Waals surface area contributed by atoms with Crippen molar-refractivity contribution in [3.63, 3.8) is 0 Å². The molecule has 110 valence electrons. The Morgan fingerprint density at radius 2 is 2.24 bits per heavy atom. The Morgan fingerprint density at radius 1 is 1.43 bits per heavy atom. The second-order valence-electron chi connectivity index (χ2n) is 4.78. The van der Waals surface area contributed by atoms with Gasteiger partial charge in [-0.1, -0.05) is 19.1 Å². The van der Waals surface area contributed by atoms with Crippen LogP contribution in [0.4, 0.5) is 10.1 Å². The lowest BCUT2D eigenvalue weighted by molar-refractivity contribution is -0.118. The van der Waals surface area contributed by atoms with E-state index in [-0.39, 0.29) is 17.6 Å². The van der Waals surface area contributed by atoms with Gasteiger partial charge in [0.05, 0.1) is 11.9 Å². The molecule has 0 spiro atoms. The summed E-state index contributed by atoms with van der Waals surface area (Å²) in [7, 11) is 0. The van der Waals surface area contributed by atoms with E-state index < -0.39 is 0 Å². The van der Waals surface area contributed by atoms with Crippen molar-refractivity contribution in [2.24, 2.45) is 5.92 Å². The molecule has 1 aromatic heterocycles. The van der Waals surface area contributed by atoms with Crippen molar-refractivity contribution >= 4 is 23.4 Å². The molecule has 0 aliphatic heterocycles. The van der Waals surface area contributed by atoms with Gasteiger partial charge in [0.1, 0.15) is 5.82 Å². The molecule has 0 aliphatic carbocycles. The van der Waals surface area contributed by atoms with Crippen LogP contribution in [0.3, 0.4) is 0 Å². The molecule has 0 bridgehead atoms. The largest absolute Gasteiger partial charge is 0.324 e. The molecule has 1 atom stereocenters. The summed E-state index contributed by atoms with van der Waals surface area (Å²) in [6, 6.07) is 8.05. The van der Waals surface area contributed by atoms with Crippen LogP contribution in [0.25, 0.3) is 11.1 Å². The minimum atomic E-state index is -0.308. The van der Waals surface area contributed by atoms with Gasteiger partial charge in [0, 0.05) is 23.4 Å². The first-order valence-electron chi connectivity index (χ1n) is 6.61. The number of nitrogens with zero attached hydrogens (tertiary/aromatic N) is 1. The lowest BCUT2D eigenvalue weighted by atomic mass is 10.0. The standard InChI is InChI=1S/C16H17FN2OS/c1-11(10-21-2)16(20)19-15-9-18-7-6-14(15)12-4-3-5-13(17)8-12/h3-9,11H,10H2,1-2H3,(H,19,20)/t11-/m0/s1. The van der Waals surface area contributed by atoms with E-state index in [2.05, 4.69) is 10.3 Å². The van der Waals surface area contributed by atoms with Crippen LogP contribution < -0.4 is 5.32 Å². The van der Waals surface area contributed by atoms with E-state index in [4.69, 9.17) is 0 Å². The van der Waals surface area contributed by atoms with E-state index in [1.807, 2.05) is 13.2 Å². The Morgan fingerprint density at radius 3 is 2.95 bits per heavy atom. The highest BCUT2D eigenvalue weighted by atomic mass is 32.2. The molecule has 0 unspecified atom stereocenters. The van der Waals surface area contributed by atoms with Crippen LogP contribution in [0, 0.1) is 11.7 Å². The number of pyridine rings is 1. The molecule has 0 aliphatic rings. The molecule has 1 N–H and O–H groups in total. The lowest BCUT2D eigenvalue weighted by Gasteiger charge is -2.14. The Labute approximate surface area is 128 Å². The average Bonchev–Trinajstić information content (AvgIpc) is 2.48. The van der Waals surface area contributed by atoms with E-state index in [9.17, 15) is 9.18 Å². The summed E-state index contributed by atoms with van der Waals surface area (Å²) in [5, 5.41) is 2.88. The minimum Gasteiger partial charge on any atom is -0.324 e. The topological polar surface area (TPSA) is 42.0 Å². The maximum Gasteiger partial charge on any atom is 0.228 e. The second kappa shape index (κ2) is 7.22. The molecule has 21 heavy (non-hydrogen) atoms. The molecule has 1 aromatic carbocycles. The Balaban J connectivity index is 2.27. The molecule has 2 aromatic rings. The summed E-state index contributed by atoms with van der Waals surface area (Å²) in [5.41, 5.74) is 2.07. The van der Waals surface area contributed by atoms with Gasteiger partial charge in [-0.25, -0.2) is 4.39 Å². The highest BCUT2D eigenvalue weighted by Gasteiger charge is 2.14. The zero-order valence-corrected chi connectivity index (χ0v) is 12.8. The highest BCUT2D eigenvalue weighted by molar-refractivity contribution is 7.98. The van der Waals surface area contributed by atoms with Crippen molar-refractivity contribution < 1.29 is 9.18 Å². The summed E-state index contributed by atoms with van der Waals surface area (Å²) >= 11 is 1.63. The molecular weight excluding hydrogens is 287 g/mol. The fourth-order valence-electron chi connectivity index (χ4n) is 1.98. The van der Waals surface area contributed by atoms with Crippen molar-refractivity contribution in [3.8, 4) is 11.1 Å². The van der Waals surface area contributed by atoms with Gasteiger partial charge < -0.3 is 5.32 Å². The maximum absolute atomic E-state index is 13.4. The smallest absolute Gasteiger partial charge is 0.228 e. The van der Waals surface area contributed by atoms with Crippen LogP contribution in [0.15, 0.2) is 42.7 Å². The SMILES string of the molecule is CSC[C@H](C)C(=O)Nc1cnccc1-c1cccc(F)c1. The first-order valence-corrected chi connectivity index (χ1v) is 8.01. The van der Waals surface area contributed by atoms with Crippen LogP contribution in [0.5, 0.6) is 0 Å². The van der Waals surface area contributed by atoms with Crippen molar-refractivity contribution in [2.75, 3.05) is 17.3 Å². The van der Waals surface area contributed by atoms with Gasteiger partial charge >= 0.3 is 0 Å². The number of aromatic nitrogens is 1. The number of carbonyl (C=O) groups is 1. The van der Waals surface area contributed by atoms with Crippen molar-refractivity contribution in [1.82, 2.24) is 4.98 Å². The molecule has 5 heteroatoms. The van der Waals surface area contributed by atoms with Crippen LogP contribution in [-0.2, 0) is 4.79 Å². The van der Waals surface area contributed by atoms with E-state index in [1.54, 1.807) is 42.4 Å². The zero-order valence-electron chi connectivity index (χ0n) is 12.0. The van der Waals surface area contributed by atoms with Crippen molar-refractivity contribution in [1.29, 1.82) is 0 Å². The third-order valence-corrected chi connectivity index (χ3v) is 3.91. The summed E-state index contributed by atoms with van der Waals surface area (Å²) in [6.07, 6.45) is 5.18.